The van der Waals surface area contributed by atoms with Gasteiger partial charge in [0.05, 0.1) is 6.61 Å². The number of esters is 1. The zero-order chi connectivity index (χ0) is 17.2. The normalized spacial score (nSPS) is 28.4. The zero-order valence-electron chi connectivity index (χ0n) is 14.4. The first-order valence-corrected chi connectivity index (χ1v) is 8.59. The van der Waals surface area contributed by atoms with Crippen LogP contribution in [0, 0.1) is 5.41 Å². The van der Waals surface area contributed by atoms with E-state index in [-0.39, 0.29) is 17.4 Å². The van der Waals surface area contributed by atoms with E-state index in [1.807, 2.05) is 55.5 Å². The molecule has 1 aliphatic rings. The first-order chi connectivity index (χ1) is 11.6. The second-order valence-electron chi connectivity index (χ2n) is 6.78. The minimum absolute atomic E-state index is 0.195. The van der Waals surface area contributed by atoms with Crippen molar-refractivity contribution < 1.29 is 9.53 Å². The van der Waals surface area contributed by atoms with Crippen molar-refractivity contribution in [1.29, 1.82) is 0 Å². The van der Waals surface area contributed by atoms with Gasteiger partial charge in [-0.1, -0.05) is 67.6 Å². The van der Waals surface area contributed by atoms with E-state index < -0.39 is 5.41 Å². The fraction of sp³-hybridized carbons (Fsp3) is 0.381. The molecular weight excluding hydrogens is 298 g/mol. The van der Waals surface area contributed by atoms with E-state index in [9.17, 15) is 4.79 Å². The van der Waals surface area contributed by atoms with Crippen LogP contribution < -0.4 is 5.73 Å². The van der Waals surface area contributed by atoms with Crippen molar-refractivity contribution in [2.24, 2.45) is 11.1 Å². The second kappa shape index (κ2) is 6.40. The molecule has 0 aromatic heterocycles. The molecule has 126 valence electrons. The van der Waals surface area contributed by atoms with Crippen molar-refractivity contribution in [3.05, 3.63) is 71.8 Å². The lowest BCUT2D eigenvalue weighted by atomic mass is 9.83. The molecular formula is C21H25NO2. The summed E-state index contributed by atoms with van der Waals surface area (Å²) >= 11 is 0. The summed E-state index contributed by atoms with van der Waals surface area (Å²) in [6, 6.07) is 20.0. The van der Waals surface area contributed by atoms with E-state index in [1.54, 1.807) is 0 Å². The summed E-state index contributed by atoms with van der Waals surface area (Å²) in [7, 11) is 0. The molecule has 1 saturated carbocycles. The number of benzene rings is 2. The molecule has 0 aliphatic heterocycles. The largest absolute Gasteiger partial charge is 0.465 e. The molecule has 2 N–H and O–H groups in total. The highest BCUT2D eigenvalue weighted by molar-refractivity contribution is 5.91. The Bertz CT molecular complexity index is 700. The van der Waals surface area contributed by atoms with Crippen molar-refractivity contribution in [3.8, 4) is 0 Å². The Hall–Kier alpha value is -2.13. The van der Waals surface area contributed by atoms with Gasteiger partial charge in [-0.2, -0.15) is 0 Å². The lowest BCUT2D eigenvalue weighted by Crippen LogP contribution is -2.32. The second-order valence-corrected chi connectivity index (χ2v) is 6.78. The maximum atomic E-state index is 12.9. The van der Waals surface area contributed by atoms with Gasteiger partial charge in [0.15, 0.2) is 0 Å². The molecule has 3 heteroatoms. The Kier molecular flexibility index (Phi) is 4.46. The number of aryl methyl sites for hydroxylation is 1. The molecule has 3 unspecified atom stereocenters. The Labute approximate surface area is 143 Å². The van der Waals surface area contributed by atoms with Crippen molar-refractivity contribution >= 4 is 5.97 Å². The standard InChI is InChI=1S/C21H25NO2/c1-3-24-19(23)21(17-12-8-5-9-13-17)18(22)20(21,2)15-14-16-10-6-4-7-11-16/h4-13,18H,3,14-15,22H2,1-2H3. The van der Waals surface area contributed by atoms with Crippen LogP contribution >= 0.6 is 0 Å². The molecule has 3 rings (SSSR count). The van der Waals surface area contributed by atoms with Crippen LogP contribution in [0.1, 0.15) is 31.4 Å². The summed E-state index contributed by atoms with van der Waals surface area (Å²) in [4.78, 5) is 12.9. The molecule has 1 aliphatic carbocycles. The van der Waals surface area contributed by atoms with Crippen LogP contribution in [0.25, 0.3) is 0 Å². The van der Waals surface area contributed by atoms with Gasteiger partial charge in [-0.05, 0) is 30.9 Å². The number of nitrogens with two attached hydrogens (primary N) is 1. The molecule has 0 saturated heterocycles. The number of carbonyl (C=O) groups excluding carboxylic acids is 1. The molecule has 3 nitrogen and oxygen atoms in total. The SMILES string of the molecule is CCOC(=O)C1(c2ccccc2)C(N)C1(C)CCc1ccccc1. The fourth-order valence-corrected chi connectivity index (χ4v) is 4.05. The van der Waals surface area contributed by atoms with E-state index in [0.717, 1.165) is 18.4 Å². The third-order valence-corrected chi connectivity index (χ3v) is 5.57. The smallest absolute Gasteiger partial charge is 0.318 e. The highest BCUT2D eigenvalue weighted by Gasteiger charge is 2.77. The van der Waals surface area contributed by atoms with Gasteiger partial charge in [-0.15, -0.1) is 0 Å². The van der Waals surface area contributed by atoms with E-state index in [4.69, 9.17) is 10.5 Å². The molecule has 2 aromatic rings. The van der Waals surface area contributed by atoms with Crippen LogP contribution in [-0.2, 0) is 21.4 Å². The molecule has 1 fully saturated rings. The average molecular weight is 323 g/mol. The highest BCUT2D eigenvalue weighted by atomic mass is 16.5. The Morgan fingerprint density at radius 1 is 1.08 bits per heavy atom. The predicted molar refractivity (Wildman–Crippen MR) is 95.6 cm³/mol. The molecule has 2 aromatic carbocycles. The van der Waals surface area contributed by atoms with Gasteiger partial charge in [0.1, 0.15) is 5.41 Å². The molecule has 24 heavy (non-hydrogen) atoms. The van der Waals surface area contributed by atoms with Gasteiger partial charge < -0.3 is 10.5 Å². The summed E-state index contributed by atoms with van der Waals surface area (Å²) in [6.45, 7) is 4.32. The summed E-state index contributed by atoms with van der Waals surface area (Å²) in [6.07, 6.45) is 1.75. The molecule has 0 radical (unpaired) electrons. The van der Waals surface area contributed by atoms with Gasteiger partial charge in [-0.3, -0.25) is 4.79 Å². The number of rotatable bonds is 6. The fourth-order valence-electron chi connectivity index (χ4n) is 4.05. The summed E-state index contributed by atoms with van der Waals surface area (Å²) < 4.78 is 5.42. The topological polar surface area (TPSA) is 52.3 Å². The Morgan fingerprint density at radius 3 is 2.25 bits per heavy atom. The average Bonchev–Trinajstić information content (AvgIpc) is 3.12. The summed E-state index contributed by atoms with van der Waals surface area (Å²) in [5.41, 5.74) is 7.71. The molecule has 0 bridgehead atoms. The van der Waals surface area contributed by atoms with Crippen LogP contribution in [0.2, 0.25) is 0 Å². The molecule has 0 heterocycles. The van der Waals surface area contributed by atoms with Crippen molar-refractivity contribution in [2.45, 2.75) is 38.1 Å². The van der Waals surface area contributed by atoms with E-state index in [1.165, 1.54) is 5.56 Å². The third-order valence-electron chi connectivity index (χ3n) is 5.57. The number of carbonyl (C=O) groups is 1. The van der Waals surface area contributed by atoms with Gasteiger partial charge in [-0.25, -0.2) is 0 Å². The van der Waals surface area contributed by atoms with E-state index in [2.05, 4.69) is 19.1 Å². The maximum absolute atomic E-state index is 12.9. The molecule has 0 spiro atoms. The lowest BCUT2D eigenvalue weighted by Gasteiger charge is -2.21. The van der Waals surface area contributed by atoms with Crippen molar-refractivity contribution in [2.75, 3.05) is 6.61 Å². The van der Waals surface area contributed by atoms with Crippen molar-refractivity contribution in [3.63, 3.8) is 0 Å². The first-order valence-electron chi connectivity index (χ1n) is 8.59. The summed E-state index contributed by atoms with van der Waals surface area (Å²) in [5, 5.41) is 0. The van der Waals surface area contributed by atoms with Crippen LogP contribution in [0.3, 0.4) is 0 Å². The van der Waals surface area contributed by atoms with Crippen LogP contribution in [0.4, 0.5) is 0 Å². The maximum Gasteiger partial charge on any atom is 0.318 e. The quantitative estimate of drug-likeness (QED) is 0.828. The monoisotopic (exact) mass is 323 g/mol. The Morgan fingerprint density at radius 2 is 1.67 bits per heavy atom. The first kappa shape index (κ1) is 16.7. The molecule has 0 amide bonds. The van der Waals surface area contributed by atoms with E-state index in [0.29, 0.717) is 6.61 Å². The minimum Gasteiger partial charge on any atom is -0.465 e. The third kappa shape index (κ3) is 2.44. The van der Waals surface area contributed by atoms with E-state index >= 15 is 0 Å². The van der Waals surface area contributed by atoms with Crippen LogP contribution in [0.5, 0.6) is 0 Å². The summed E-state index contributed by atoms with van der Waals surface area (Å²) in [5.74, 6) is -0.195. The number of hydrogen-bond donors (Lipinski definition) is 1. The number of ether oxygens (including phenoxy) is 1. The van der Waals surface area contributed by atoms with Crippen LogP contribution in [-0.4, -0.2) is 18.6 Å². The molecule has 3 atom stereocenters. The highest BCUT2D eigenvalue weighted by Crippen LogP contribution is 2.66. The van der Waals surface area contributed by atoms with Crippen molar-refractivity contribution in [1.82, 2.24) is 0 Å². The number of hydrogen-bond acceptors (Lipinski definition) is 3. The lowest BCUT2D eigenvalue weighted by molar-refractivity contribution is -0.147. The minimum atomic E-state index is -0.737. The van der Waals surface area contributed by atoms with Gasteiger partial charge in [0.25, 0.3) is 0 Å². The van der Waals surface area contributed by atoms with Gasteiger partial charge in [0.2, 0.25) is 0 Å². The van der Waals surface area contributed by atoms with Crippen LogP contribution in [0.15, 0.2) is 60.7 Å². The van der Waals surface area contributed by atoms with Gasteiger partial charge in [0, 0.05) is 11.5 Å². The predicted octanol–water partition coefficient (Wildman–Crippen LogP) is 3.47. The van der Waals surface area contributed by atoms with Gasteiger partial charge >= 0.3 is 5.97 Å². The zero-order valence-corrected chi connectivity index (χ0v) is 14.4. The Balaban J connectivity index is 1.90.